The lowest BCUT2D eigenvalue weighted by Gasteiger charge is -2.36. The molecule has 0 unspecified atom stereocenters. The summed E-state index contributed by atoms with van der Waals surface area (Å²) in [4.78, 5) is 29.7. The monoisotopic (exact) mass is 496 g/mol. The third-order valence-corrected chi connectivity index (χ3v) is 6.48. The van der Waals surface area contributed by atoms with Crippen LogP contribution in [0.3, 0.4) is 0 Å². The summed E-state index contributed by atoms with van der Waals surface area (Å²) in [6, 6.07) is 15.3. The molecule has 8 nitrogen and oxygen atoms in total. The highest BCUT2D eigenvalue weighted by Crippen LogP contribution is 2.27. The first kappa shape index (κ1) is 27.5. The van der Waals surface area contributed by atoms with Crippen molar-refractivity contribution in [3.05, 3.63) is 59.7 Å². The molecule has 2 aromatic carbocycles. The van der Waals surface area contributed by atoms with E-state index >= 15 is 0 Å². The smallest absolute Gasteiger partial charge is 0.319 e. The number of likely N-dealkylation sites (N-methyl/N-ethyl adjacent to an activating group) is 1. The van der Waals surface area contributed by atoms with Crippen molar-refractivity contribution >= 4 is 17.6 Å². The van der Waals surface area contributed by atoms with Crippen molar-refractivity contribution < 1.29 is 19.1 Å². The molecule has 8 heteroatoms. The van der Waals surface area contributed by atoms with E-state index in [9.17, 15) is 9.59 Å². The summed E-state index contributed by atoms with van der Waals surface area (Å²) >= 11 is 0. The summed E-state index contributed by atoms with van der Waals surface area (Å²) in [6.07, 6.45) is -0.117. The Kier molecular flexibility index (Phi) is 9.73. The minimum Gasteiger partial charge on any atom is -0.491 e. The quantitative estimate of drug-likeness (QED) is 0.648. The van der Waals surface area contributed by atoms with Gasteiger partial charge in [-0.05, 0) is 44.4 Å². The molecule has 0 radical (unpaired) electrons. The van der Waals surface area contributed by atoms with Crippen molar-refractivity contribution in [1.29, 1.82) is 0 Å². The van der Waals surface area contributed by atoms with Gasteiger partial charge in [0.2, 0.25) is 0 Å². The van der Waals surface area contributed by atoms with E-state index in [4.69, 9.17) is 9.47 Å². The first-order valence-corrected chi connectivity index (χ1v) is 12.6. The van der Waals surface area contributed by atoms with Gasteiger partial charge in [-0.2, -0.15) is 0 Å². The zero-order valence-corrected chi connectivity index (χ0v) is 22.3. The zero-order chi connectivity index (χ0) is 26.2. The van der Waals surface area contributed by atoms with Gasteiger partial charge in [-0.3, -0.25) is 9.69 Å². The highest BCUT2D eigenvalue weighted by molar-refractivity contribution is 5.98. The van der Waals surface area contributed by atoms with Crippen LogP contribution in [0.2, 0.25) is 0 Å². The summed E-state index contributed by atoms with van der Waals surface area (Å²) in [6.45, 7) is 10.5. The maximum absolute atomic E-state index is 13.4. The Balaban J connectivity index is 1.91. The van der Waals surface area contributed by atoms with E-state index in [-0.39, 0.29) is 36.0 Å². The first-order valence-electron chi connectivity index (χ1n) is 12.6. The molecule has 3 amide bonds. The number of rotatable bonds is 5. The Morgan fingerprint density at radius 1 is 1.14 bits per heavy atom. The number of amides is 3. The second-order valence-corrected chi connectivity index (χ2v) is 9.98. The van der Waals surface area contributed by atoms with E-state index in [1.165, 1.54) is 5.56 Å². The molecule has 0 fully saturated rings. The molecule has 0 spiro atoms. The van der Waals surface area contributed by atoms with E-state index in [0.29, 0.717) is 30.2 Å². The SMILES string of the molecule is CO[C@H]1CN(C)C(=O)c2ccc(NC(=O)NC(C)C)cc2OC[C@H](C)N(Cc2ccccc2)C[C@@H]1C. The molecule has 2 aromatic rings. The molecule has 1 aliphatic heterocycles. The van der Waals surface area contributed by atoms with Gasteiger partial charge >= 0.3 is 6.03 Å². The van der Waals surface area contributed by atoms with Crippen LogP contribution in [0, 0.1) is 5.92 Å². The summed E-state index contributed by atoms with van der Waals surface area (Å²) in [7, 11) is 3.48. The highest BCUT2D eigenvalue weighted by Gasteiger charge is 2.28. The van der Waals surface area contributed by atoms with Crippen molar-refractivity contribution in [1.82, 2.24) is 15.1 Å². The van der Waals surface area contributed by atoms with Gasteiger partial charge in [-0.1, -0.05) is 37.3 Å². The lowest BCUT2D eigenvalue weighted by molar-refractivity contribution is 0.00922. The number of hydrogen-bond acceptors (Lipinski definition) is 5. The van der Waals surface area contributed by atoms with Gasteiger partial charge in [0.25, 0.3) is 5.91 Å². The third kappa shape index (κ3) is 7.45. The van der Waals surface area contributed by atoms with E-state index in [2.05, 4.69) is 53.6 Å². The minimum absolute atomic E-state index is 0.00772. The largest absolute Gasteiger partial charge is 0.491 e. The van der Waals surface area contributed by atoms with Crippen LogP contribution in [0.15, 0.2) is 48.5 Å². The summed E-state index contributed by atoms with van der Waals surface area (Å²) in [5.74, 6) is 0.497. The predicted octanol–water partition coefficient (Wildman–Crippen LogP) is 4.22. The summed E-state index contributed by atoms with van der Waals surface area (Å²) in [5, 5.41) is 5.63. The molecule has 2 N–H and O–H groups in total. The second-order valence-electron chi connectivity index (χ2n) is 9.98. The third-order valence-electron chi connectivity index (χ3n) is 6.48. The fourth-order valence-corrected chi connectivity index (χ4v) is 4.39. The van der Waals surface area contributed by atoms with Crippen LogP contribution in [-0.2, 0) is 11.3 Å². The second kappa shape index (κ2) is 12.7. The molecule has 3 atom stereocenters. The van der Waals surface area contributed by atoms with Gasteiger partial charge in [0.1, 0.15) is 12.4 Å². The Morgan fingerprint density at radius 2 is 1.86 bits per heavy atom. The van der Waals surface area contributed by atoms with Crippen LogP contribution >= 0.6 is 0 Å². The number of urea groups is 1. The molecular formula is C28H40N4O4. The maximum Gasteiger partial charge on any atom is 0.319 e. The fourth-order valence-electron chi connectivity index (χ4n) is 4.39. The normalized spacial score (nSPS) is 21.7. The van der Waals surface area contributed by atoms with Gasteiger partial charge in [0, 0.05) is 57.6 Å². The molecular weight excluding hydrogens is 456 g/mol. The molecule has 0 bridgehead atoms. The summed E-state index contributed by atoms with van der Waals surface area (Å²) < 4.78 is 12.1. The molecule has 0 saturated heterocycles. The van der Waals surface area contributed by atoms with Crippen LogP contribution in [-0.4, -0.2) is 73.8 Å². The lowest BCUT2D eigenvalue weighted by atomic mass is 10.0. The minimum atomic E-state index is -0.305. The molecule has 0 saturated carbocycles. The molecule has 36 heavy (non-hydrogen) atoms. The van der Waals surface area contributed by atoms with Crippen molar-refractivity contribution in [2.45, 2.75) is 52.4 Å². The van der Waals surface area contributed by atoms with E-state index in [0.717, 1.165) is 13.1 Å². The van der Waals surface area contributed by atoms with Crippen molar-refractivity contribution in [3.63, 3.8) is 0 Å². The number of fused-ring (bicyclic) bond motifs is 1. The fraction of sp³-hybridized carbons (Fsp3) is 0.500. The topological polar surface area (TPSA) is 83.1 Å². The average Bonchev–Trinajstić information content (AvgIpc) is 2.84. The molecule has 196 valence electrons. The standard InChI is InChI=1S/C28H40N4O4/c1-19(2)29-28(34)30-23-12-13-24-25(14-23)36-18-21(4)32(16-22-10-8-7-9-11-22)15-20(3)26(35-6)17-31(5)27(24)33/h7-14,19-21,26H,15-18H2,1-6H3,(H2,29,30,34)/t20-,21-,26-/m0/s1. The van der Waals surface area contributed by atoms with Crippen molar-refractivity contribution in [2.24, 2.45) is 5.92 Å². The Morgan fingerprint density at radius 3 is 2.53 bits per heavy atom. The number of anilines is 1. The highest BCUT2D eigenvalue weighted by atomic mass is 16.5. The number of carbonyl (C=O) groups is 2. The first-order chi connectivity index (χ1) is 17.2. The number of methoxy groups -OCH3 is 1. The number of benzene rings is 2. The van der Waals surface area contributed by atoms with E-state index in [1.54, 1.807) is 37.3 Å². The Labute approximate surface area is 214 Å². The van der Waals surface area contributed by atoms with E-state index in [1.807, 2.05) is 19.9 Å². The summed E-state index contributed by atoms with van der Waals surface area (Å²) in [5.41, 5.74) is 2.25. The molecule has 0 aromatic heterocycles. The zero-order valence-electron chi connectivity index (χ0n) is 22.3. The lowest BCUT2D eigenvalue weighted by Crippen LogP contribution is -2.46. The maximum atomic E-state index is 13.4. The van der Waals surface area contributed by atoms with Gasteiger partial charge in [-0.15, -0.1) is 0 Å². The number of carbonyl (C=O) groups excluding carboxylic acids is 2. The number of hydrogen-bond donors (Lipinski definition) is 2. The van der Waals surface area contributed by atoms with Crippen LogP contribution in [0.4, 0.5) is 10.5 Å². The van der Waals surface area contributed by atoms with E-state index < -0.39 is 0 Å². The number of nitrogens with zero attached hydrogens (tertiary/aromatic N) is 2. The van der Waals surface area contributed by atoms with Crippen LogP contribution in [0.5, 0.6) is 5.75 Å². The molecule has 1 aliphatic rings. The number of nitrogens with one attached hydrogen (secondary N) is 2. The van der Waals surface area contributed by atoms with Gasteiger partial charge in [-0.25, -0.2) is 4.79 Å². The number of ether oxygens (including phenoxy) is 2. The van der Waals surface area contributed by atoms with Gasteiger partial charge < -0.3 is 25.0 Å². The molecule has 1 heterocycles. The van der Waals surface area contributed by atoms with Crippen molar-refractivity contribution in [2.75, 3.05) is 39.2 Å². The molecule has 3 rings (SSSR count). The van der Waals surface area contributed by atoms with Gasteiger partial charge in [0.05, 0.1) is 11.7 Å². The van der Waals surface area contributed by atoms with Crippen LogP contribution in [0.1, 0.15) is 43.6 Å². The van der Waals surface area contributed by atoms with Crippen molar-refractivity contribution in [3.8, 4) is 5.75 Å². The van der Waals surface area contributed by atoms with Crippen LogP contribution < -0.4 is 15.4 Å². The van der Waals surface area contributed by atoms with Gasteiger partial charge in [0.15, 0.2) is 0 Å². The average molecular weight is 497 g/mol. The van der Waals surface area contributed by atoms with Crippen LogP contribution in [0.25, 0.3) is 0 Å². The molecule has 0 aliphatic carbocycles. The predicted molar refractivity (Wildman–Crippen MR) is 142 cm³/mol. The Hall–Kier alpha value is -3.10. The Bertz CT molecular complexity index is 1010.